The average molecular weight is 319 g/mol. The van der Waals surface area contributed by atoms with Crippen molar-refractivity contribution in [1.82, 2.24) is 10.3 Å². The predicted octanol–water partition coefficient (Wildman–Crippen LogP) is 4.53. The number of halogens is 1. The predicted molar refractivity (Wildman–Crippen MR) is 96.0 cm³/mol. The lowest BCUT2D eigenvalue weighted by Crippen LogP contribution is -2.40. The van der Waals surface area contributed by atoms with Gasteiger partial charge in [-0.15, -0.1) is 12.4 Å². The molecule has 2 aromatic rings. The minimum absolute atomic E-state index is 0. The average Bonchev–Trinajstić information content (AvgIpc) is 3.02. The Balaban J connectivity index is 0.00000144. The van der Waals surface area contributed by atoms with Gasteiger partial charge in [0, 0.05) is 35.1 Å². The highest BCUT2D eigenvalue weighted by Crippen LogP contribution is 2.31. The number of H-pyrrole nitrogens is 1. The van der Waals surface area contributed by atoms with Gasteiger partial charge in [-0.1, -0.05) is 18.6 Å². The Bertz CT molecular complexity index is 661. The molecular formula is C19H27ClN2. The van der Waals surface area contributed by atoms with Crippen LogP contribution < -0.4 is 5.32 Å². The molecule has 4 rings (SSSR count). The third kappa shape index (κ3) is 2.91. The van der Waals surface area contributed by atoms with E-state index in [1.807, 2.05) is 0 Å². The number of hydrogen-bond acceptors (Lipinski definition) is 1. The van der Waals surface area contributed by atoms with Crippen molar-refractivity contribution in [2.45, 2.75) is 64.5 Å². The van der Waals surface area contributed by atoms with Crippen LogP contribution >= 0.6 is 12.4 Å². The molecular weight excluding hydrogens is 292 g/mol. The zero-order valence-corrected chi connectivity index (χ0v) is 14.4. The van der Waals surface area contributed by atoms with Crippen LogP contribution in [0.25, 0.3) is 10.9 Å². The van der Waals surface area contributed by atoms with Gasteiger partial charge in [-0.3, -0.25) is 0 Å². The van der Waals surface area contributed by atoms with Gasteiger partial charge in [0.2, 0.25) is 0 Å². The van der Waals surface area contributed by atoms with E-state index >= 15 is 0 Å². The standard InChI is InChI=1S/C19H26N2.ClH/c1-12-3-5-14(9-12)20-15-6-7-16-17-10-13(2)4-8-18(17)21-19(16)11-15;/h4,8,10,12,14-15,20-21H,3,5-7,9,11H2,1-2H3;1H. The van der Waals surface area contributed by atoms with Crippen LogP contribution in [0.4, 0.5) is 0 Å². The number of nitrogens with one attached hydrogen (secondary N) is 2. The molecule has 120 valence electrons. The number of aryl methyl sites for hydroxylation is 2. The second-order valence-corrected chi connectivity index (χ2v) is 7.35. The largest absolute Gasteiger partial charge is 0.358 e. The Morgan fingerprint density at radius 1 is 1.14 bits per heavy atom. The van der Waals surface area contributed by atoms with E-state index in [0.29, 0.717) is 6.04 Å². The van der Waals surface area contributed by atoms with Gasteiger partial charge in [-0.05, 0) is 62.6 Å². The van der Waals surface area contributed by atoms with Gasteiger partial charge in [0.15, 0.2) is 0 Å². The van der Waals surface area contributed by atoms with Crippen LogP contribution in [-0.2, 0) is 12.8 Å². The van der Waals surface area contributed by atoms with E-state index in [-0.39, 0.29) is 12.4 Å². The summed E-state index contributed by atoms with van der Waals surface area (Å²) in [5.41, 5.74) is 5.74. The molecule has 0 radical (unpaired) electrons. The van der Waals surface area contributed by atoms with Gasteiger partial charge in [0.25, 0.3) is 0 Å². The monoisotopic (exact) mass is 318 g/mol. The van der Waals surface area contributed by atoms with Crippen LogP contribution in [0.5, 0.6) is 0 Å². The van der Waals surface area contributed by atoms with Crippen LogP contribution in [0.15, 0.2) is 18.2 Å². The zero-order valence-electron chi connectivity index (χ0n) is 13.6. The van der Waals surface area contributed by atoms with Gasteiger partial charge in [-0.25, -0.2) is 0 Å². The van der Waals surface area contributed by atoms with Gasteiger partial charge in [-0.2, -0.15) is 0 Å². The maximum atomic E-state index is 3.92. The maximum Gasteiger partial charge on any atom is 0.0459 e. The fourth-order valence-corrected chi connectivity index (χ4v) is 4.38. The second-order valence-electron chi connectivity index (χ2n) is 7.35. The summed E-state index contributed by atoms with van der Waals surface area (Å²) in [6.07, 6.45) is 7.83. The van der Waals surface area contributed by atoms with Crippen LogP contribution in [0.3, 0.4) is 0 Å². The lowest BCUT2D eigenvalue weighted by atomic mass is 9.91. The molecule has 1 heterocycles. The van der Waals surface area contributed by atoms with E-state index in [1.54, 1.807) is 5.56 Å². The molecule has 1 aromatic heterocycles. The van der Waals surface area contributed by atoms with Gasteiger partial charge in [0.1, 0.15) is 0 Å². The highest BCUT2D eigenvalue weighted by atomic mass is 35.5. The van der Waals surface area contributed by atoms with Crippen molar-refractivity contribution in [1.29, 1.82) is 0 Å². The van der Waals surface area contributed by atoms with E-state index in [2.05, 4.69) is 42.3 Å². The number of aromatic nitrogens is 1. The highest BCUT2D eigenvalue weighted by Gasteiger charge is 2.27. The highest BCUT2D eigenvalue weighted by molar-refractivity contribution is 5.86. The third-order valence-corrected chi connectivity index (χ3v) is 5.51. The fourth-order valence-electron chi connectivity index (χ4n) is 4.38. The Morgan fingerprint density at radius 2 is 2.00 bits per heavy atom. The lowest BCUT2D eigenvalue weighted by Gasteiger charge is -2.27. The number of hydrogen-bond donors (Lipinski definition) is 2. The first kappa shape index (κ1) is 15.9. The Hall–Kier alpha value is -0.990. The topological polar surface area (TPSA) is 27.8 Å². The first-order chi connectivity index (χ1) is 10.2. The molecule has 0 amide bonds. The first-order valence-corrected chi connectivity index (χ1v) is 8.55. The van der Waals surface area contributed by atoms with Crippen molar-refractivity contribution in [3.8, 4) is 0 Å². The summed E-state index contributed by atoms with van der Waals surface area (Å²) in [5, 5.41) is 5.38. The molecule has 2 nitrogen and oxygen atoms in total. The molecule has 1 aromatic carbocycles. The van der Waals surface area contributed by atoms with Crippen molar-refractivity contribution >= 4 is 23.3 Å². The minimum atomic E-state index is 0. The summed E-state index contributed by atoms with van der Waals surface area (Å²) in [7, 11) is 0. The molecule has 2 N–H and O–H groups in total. The Morgan fingerprint density at radius 3 is 2.77 bits per heavy atom. The van der Waals surface area contributed by atoms with E-state index in [4.69, 9.17) is 0 Å². The number of benzene rings is 1. The van der Waals surface area contributed by atoms with Gasteiger partial charge < -0.3 is 10.3 Å². The normalized spacial score (nSPS) is 27.6. The van der Waals surface area contributed by atoms with E-state index < -0.39 is 0 Å². The van der Waals surface area contributed by atoms with Gasteiger partial charge in [0.05, 0.1) is 0 Å². The minimum Gasteiger partial charge on any atom is -0.358 e. The Labute approximate surface area is 139 Å². The summed E-state index contributed by atoms with van der Waals surface area (Å²) in [6, 6.07) is 8.22. The molecule has 0 saturated heterocycles. The van der Waals surface area contributed by atoms with E-state index in [9.17, 15) is 0 Å². The summed E-state index contributed by atoms with van der Waals surface area (Å²) in [6.45, 7) is 4.58. The van der Waals surface area contributed by atoms with Crippen LogP contribution in [0, 0.1) is 12.8 Å². The molecule has 2 aliphatic rings. The molecule has 3 atom stereocenters. The van der Waals surface area contributed by atoms with Crippen molar-refractivity contribution in [3.63, 3.8) is 0 Å². The fraction of sp³-hybridized carbons (Fsp3) is 0.579. The Kier molecular flexibility index (Phi) is 4.52. The van der Waals surface area contributed by atoms with Crippen molar-refractivity contribution in [3.05, 3.63) is 35.0 Å². The number of rotatable bonds is 2. The maximum absolute atomic E-state index is 3.92. The van der Waals surface area contributed by atoms with Crippen LogP contribution in [0.1, 0.15) is 49.4 Å². The first-order valence-electron chi connectivity index (χ1n) is 8.55. The number of fused-ring (bicyclic) bond motifs is 3. The van der Waals surface area contributed by atoms with E-state index in [0.717, 1.165) is 12.0 Å². The SMILES string of the molecule is Cc1ccc2[nH]c3c(c2c1)CCC(NC1CCC(C)C1)C3.Cl. The quantitative estimate of drug-likeness (QED) is 0.836. The molecule has 3 heteroatoms. The van der Waals surface area contributed by atoms with Crippen LogP contribution in [0.2, 0.25) is 0 Å². The lowest BCUT2D eigenvalue weighted by molar-refractivity contribution is 0.388. The van der Waals surface area contributed by atoms with Gasteiger partial charge >= 0.3 is 0 Å². The molecule has 22 heavy (non-hydrogen) atoms. The molecule has 3 unspecified atom stereocenters. The summed E-state index contributed by atoms with van der Waals surface area (Å²) >= 11 is 0. The smallest absolute Gasteiger partial charge is 0.0459 e. The molecule has 0 aliphatic heterocycles. The molecule has 0 spiro atoms. The zero-order chi connectivity index (χ0) is 14.4. The molecule has 2 aliphatic carbocycles. The van der Waals surface area contributed by atoms with Crippen molar-refractivity contribution in [2.24, 2.45) is 5.92 Å². The molecule has 1 saturated carbocycles. The van der Waals surface area contributed by atoms with E-state index in [1.165, 1.54) is 60.7 Å². The molecule has 0 bridgehead atoms. The summed E-state index contributed by atoms with van der Waals surface area (Å²) in [5.74, 6) is 0.915. The molecule has 1 fully saturated rings. The van der Waals surface area contributed by atoms with Crippen molar-refractivity contribution in [2.75, 3.05) is 0 Å². The van der Waals surface area contributed by atoms with Crippen LogP contribution in [-0.4, -0.2) is 17.1 Å². The summed E-state index contributed by atoms with van der Waals surface area (Å²) in [4.78, 5) is 3.67. The van der Waals surface area contributed by atoms with Crippen molar-refractivity contribution < 1.29 is 0 Å². The summed E-state index contributed by atoms with van der Waals surface area (Å²) < 4.78 is 0. The second kappa shape index (κ2) is 6.25. The third-order valence-electron chi connectivity index (χ3n) is 5.51. The number of aromatic amines is 1.